The van der Waals surface area contributed by atoms with E-state index in [4.69, 9.17) is 0 Å². The number of carbonyl (C=O) groups excluding carboxylic acids is 1. The van der Waals surface area contributed by atoms with Gasteiger partial charge in [-0.1, -0.05) is 13.0 Å². The lowest BCUT2D eigenvalue weighted by Gasteiger charge is -2.30. The van der Waals surface area contributed by atoms with Crippen LogP contribution in [0.25, 0.3) is 0 Å². The van der Waals surface area contributed by atoms with Crippen LogP contribution in [-0.4, -0.2) is 35.0 Å². The van der Waals surface area contributed by atoms with E-state index in [1.165, 1.54) is 12.1 Å². The van der Waals surface area contributed by atoms with E-state index in [0.717, 1.165) is 18.2 Å². The fraction of sp³-hybridized carbons (Fsp3) is 0.235. The Morgan fingerprint density at radius 1 is 1.10 bits per heavy atom. The molecule has 0 aliphatic carbocycles. The fourth-order valence-electron chi connectivity index (χ4n) is 2.81. The van der Waals surface area contributed by atoms with Crippen molar-refractivity contribution in [2.75, 3.05) is 26.6 Å². The molecule has 0 radical (unpaired) electrons. The van der Waals surface area contributed by atoms with Gasteiger partial charge in [-0.3, -0.25) is 13.8 Å². The first-order valence-electron chi connectivity index (χ1n) is 8.46. The van der Waals surface area contributed by atoms with Crippen molar-refractivity contribution in [3.05, 3.63) is 48.0 Å². The van der Waals surface area contributed by atoms with E-state index in [-0.39, 0.29) is 17.1 Å². The van der Waals surface area contributed by atoms with Gasteiger partial charge in [-0.25, -0.2) is 25.6 Å². The van der Waals surface area contributed by atoms with Gasteiger partial charge < -0.3 is 5.32 Å². The monoisotopic (exact) mass is 445 g/mol. The van der Waals surface area contributed by atoms with Gasteiger partial charge in [0, 0.05) is 0 Å². The Labute approximate surface area is 166 Å². The summed E-state index contributed by atoms with van der Waals surface area (Å²) < 4.78 is 80.7. The van der Waals surface area contributed by atoms with Gasteiger partial charge in [0.15, 0.2) is 0 Å². The lowest BCUT2D eigenvalue weighted by Crippen LogP contribution is -2.42. The van der Waals surface area contributed by atoms with Crippen molar-refractivity contribution < 1.29 is 30.4 Å². The number of fused-ring (bicyclic) bond motifs is 1. The Balaban J connectivity index is 2.00. The molecule has 1 aliphatic heterocycles. The van der Waals surface area contributed by atoms with Gasteiger partial charge in [0.25, 0.3) is 10.0 Å². The van der Waals surface area contributed by atoms with E-state index in [2.05, 4.69) is 10.0 Å². The highest BCUT2D eigenvalue weighted by Gasteiger charge is 2.34. The fourth-order valence-corrected chi connectivity index (χ4v) is 5.39. The number of amides is 1. The third kappa shape index (κ3) is 4.17. The number of anilines is 3. The van der Waals surface area contributed by atoms with E-state index in [9.17, 15) is 30.4 Å². The molecule has 0 aromatic heterocycles. The largest absolute Gasteiger partial charge is 0.320 e. The van der Waals surface area contributed by atoms with Crippen LogP contribution in [0.2, 0.25) is 0 Å². The summed E-state index contributed by atoms with van der Waals surface area (Å²) >= 11 is 0. The van der Waals surface area contributed by atoms with Crippen molar-refractivity contribution in [2.45, 2.75) is 18.2 Å². The summed E-state index contributed by atoms with van der Waals surface area (Å²) in [6.07, 6.45) is 0.316. The Morgan fingerprint density at radius 2 is 1.83 bits per heavy atom. The van der Waals surface area contributed by atoms with Crippen LogP contribution in [0.5, 0.6) is 0 Å². The van der Waals surface area contributed by atoms with E-state index in [1.54, 1.807) is 6.92 Å². The van der Waals surface area contributed by atoms with Crippen LogP contribution >= 0.6 is 0 Å². The molecule has 8 nitrogen and oxygen atoms in total. The van der Waals surface area contributed by atoms with E-state index >= 15 is 0 Å². The van der Waals surface area contributed by atoms with Gasteiger partial charge in [0.05, 0.1) is 22.0 Å². The number of hydrogen-bond donors (Lipinski definition) is 2. The number of halogens is 2. The number of para-hydroxylation sites is 1. The standard InChI is InChI=1S/C17H17F2N3O5S2/c1-2-8-28(24,25)21-14-7-6-11(9-13(14)19)29(26,27)22-10-16(23)20-17-12(18)4-3-5-15(17)22/h3-7,9,21H,2,8,10H2,1H3,(H,20,23). The van der Waals surface area contributed by atoms with Crippen molar-refractivity contribution in [2.24, 2.45) is 0 Å². The van der Waals surface area contributed by atoms with Crippen molar-refractivity contribution in [3.63, 3.8) is 0 Å². The molecule has 2 N–H and O–H groups in total. The van der Waals surface area contributed by atoms with Gasteiger partial charge in [-0.15, -0.1) is 0 Å². The van der Waals surface area contributed by atoms with Crippen molar-refractivity contribution in [3.8, 4) is 0 Å². The van der Waals surface area contributed by atoms with E-state index in [0.29, 0.717) is 16.8 Å². The zero-order valence-corrected chi connectivity index (χ0v) is 16.8. The van der Waals surface area contributed by atoms with Gasteiger partial charge in [-0.05, 0) is 36.8 Å². The average molecular weight is 445 g/mol. The lowest BCUT2D eigenvalue weighted by molar-refractivity contribution is -0.115. The van der Waals surface area contributed by atoms with E-state index in [1.807, 2.05) is 0 Å². The smallest absolute Gasteiger partial charge is 0.264 e. The highest BCUT2D eigenvalue weighted by atomic mass is 32.2. The van der Waals surface area contributed by atoms with E-state index < -0.39 is 54.7 Å². The summed E-state index contributed by atoms with van der Waals surface area (Å²) in [6.45, 7) is 1.02. The lowest BCUT2D eigenvalue weighted by atomic mass is 10.2. The van der Waals surface area contributed by atoms with Gasteiger partial charge in [-0.2, -0.15) is 0 Å². The number of hydrogen-bond acceptors (Lipinski definition) is 5. The normalized spacial score (nSPS) is 14.3. The molecule has 1 heterocycles. The quantitative estimate of drug-likeness (QED) is 0.708. The molecule has 2 aromatic carbocycles. The maximum absolute atomic E-state index is 14.4. The molecule has 0 atom stereocenters. The van der Waals surface area contributed by atoms with Gasteiger partial charge in [0.2, 0.25) is 15.9 Å². The van der Waals surface area contributed by atoms with Crippen molar-refractivity contribution >= 4 is 43.0 Å². The summed E-state index contributed by atoms with van der Waals surface area (Å²) in [5, 5.41) is 2.27. The third-order valence-corrected chi connectivity index (χ3v) is 7.31. The summed E-state index contributed by atoms with van der Waals surface area (Å²) in [7, 11) is -8.20. The van der Waals surface area contributed by atoms with Crippen LogP contribution in [0, 0.1) is 11.6 Å². The minimum atomic E-state index is -4.43. The number of nitrogens with one attached hydrogen (secondary N) is 2. The molecule has 29 heavy (non-hydrogen) atoms. The molecule has 0 spiro atoms. The summed E-state index contributed by atoms with van der Waals surface area (Å²) in [6, 6.07) is 6.27. The molecule has 156 valence electrons. The van der Waals surface area contributed by atoms with Crippen LogP contribution in [0.3, 0.4) is 0 Å². The number of carbonyl (C=O) groups is 1. The van der Waals surface area contributed by atoms with Gasteiger partial charge in [0.1, 0.15) is 23.9 Å². The number of sulfonamides is 2. The maximum atomic E-state index is 14.4. The number of nitrogens with zero attached hydrogens (tertiary/aromatic N) is 1. The summed E-state index contributed by atoms with van der Waals surface area (Å²) in [4.78, 5) is 11.4. The number of rotatable bonds is 6. The molecule has 2 aromatic rings. The first kappa shape index (κ1) is 21.0. The SMILES string of the molecule is CCCS(=O)(=O)Nc1ccc(S(=O)(=O)N2CC(=O)Nc3c(F)cccc32)cc1F. The predicted molar refractivity (Wildman–Crippen MR) is 104 cm³/mol. The topological polar surface area (TPSA) is 113 Å². The molecular formula is C17H17F2N3O5S2. The maximum Gasteiger partial charge on any atom is 0.264 e. The molecule has 0 saturated heterocycles. The molecule has 12 heteroatoms. The molecule has 0 saturated carbocycles. The van der Waals surface area contributed by atoms with Crippen LogP contribution in [0.15, 0.2) is 41.3 Å². The van der Waals surface area contributed by atoms with Crippen molar-refractivity contribution in [1.82, 2.24) is 0 Å². The number of benzene rings is 2. The molecule has 0 bridgehead atoms. The van der Waals surface area contributed by atoms with Crippen LogP contribution in [-0.2, 0) is 24.8 Å². The zero-order valence-electron chi connectivity index (χ0n) is 15.1. The van der Waals surface area contributed by atoms with Crippen molar-refractivity contribution in [1.29, 1.82) is 0 Å². The molecular weight excluding hydrogens is 428 g/mol. The van der Waals surface area contributed by atoms with Crippen LogP contribution in [0.1, 0.15) is 13.3 Å². The Bertz CT molecular complexity index is 1180. The second-order valence-electron chi connectivity index (χ2n) is 6.26. The summed E-state index contributed by atoms with van der Waals surface area (Å²) in [5.41, 5.74) is -0.797. The molecule has 1 amide bonds. The third-order valence-electron chi connectivity index (χ3n) is 4.08. The molecule has 0 fully saturated rings. The Kier molecular flexibility index (Phi) is 5.50. The predicted octanol–water partition coefficient (Wildman–Crippen LogP) is 2.26. The second kappa shape index (κ2) is 7.59. The summed E-state index contributed by atoms with van der Waals surface area (Å²) in [5.74, 6) is -2.90. The minimum Gasteiger partial charge on any atom is -0.320 e. The highest BCUT2D eigenvalue weighted by Crippen LogP contribution is 2.35. The molecule has 1 aliphatic rings. The minimum absolute atomic E-state index is 0.0993. The Morgan fingerprint density at radius 3 is 2.48 bits per heavy atom. The molecule has 3 rings (SSSR count). The zero-order chi connectivity index (χ0) is 21.4. The second-order valence-corrected chi connectivity index (χ2v) is 9.96. The highest BCUT2D eigenvalue weighted by molar-refractivity contribution is 7.93. The van der Waals surface area contributed by atoms with Crippen LogP contribution in [0.4, 0.5) is 25.8 Å². The first-order valence-corrected chi connectivity index (χ1v) is 11.6. The van der Waals surface area contributed by atoms with Crippen LogP contribution < -0.4 is 14.3 Å². The molecule has 0 unspecified atom stereocenters. The first-order chi connectivity index (χ1) is 13.5. The Hall–Kier alpha value is -2.73. The van der Waals surface area contributed by atoms with Gasteiger partial charge >= 0.3 is 0 Å². The average Bonchev–Trinajstić information content (AvgIpc) is 2.63.